The van der Waals surface area contributed by atoms with E-state index in [1.165, 1.54) is 25.0 Å². The Balaban J connectivity index is 0.00000261. The summed E-state index contributed by atoms with van der Waals surface area (Å²) in [4.78, 5) is 6.70. The van der Waals surface area contributed by atoms with E-state index < -0.39 is 0 Å². The Morgan fingerprint density at radius 1 is 1.30 bits per heavy atom. The third-order valence-corrected chi connectivity index (χ3v) is 4.98. The quantitative estimate of drug-likeness (QED) is 0.320. The van der Waals surface area contributed by atoms with Gasteiger partial charge in [-0.3, -0.25) is 9.89 Å². The van der Waals surface area contributed by atoms with Crippen LogP contribution in [0, 0.1) is 5.82 Å². The molecule has 1 aliphatic rings. The number of aliphatic imine (C=N–C) groups is 1. The average molecular weight is 551 g/mol. The van der Waals surface area contributed by atoms with Gasteiger partial charge >= 0.3 is 0 Å². The number of halogens is 3. The number of furan rings is 1. The van der Waals surface area contributed by atoms with Crippen molar-refractivity contribution in [1.82, 2.24) is 15.5 Å². The van der Waals surface area contributed by atoms with Gasteiger partial charge in [0.2, 0.25) is 0 Å². The molecule has 1 aromatic heterocycles. The van der Waals surface area contributed by atoms with Gasteiger partial charge in [-0.25, -0.2) is 4.39 Å². The molecule has 0 aliphatic carbocycles. The number of hydrogen-bond donors (Lipinski definition) is 2. The summed E-state index contributed by atoms with van der Waals surface area (Å²) in [7, 11) is 1.73. The summed E-state index contributed by atoms with van der Waals surface area (Å²) in [6.45, 7) is 3.35. The van der Waals surface area contributed by atoms with Gasteiger partial charge in [-0.05, 0) is 61.8 Å². The normalized spacial score (nSPS) is 16.0. The Morgan fingerprint density at radius 2 is 2.07 bits per heavy atom. The lowest BCUT2D eigenvalue weighted by Crippen LogP contribution is -2.42. The van der Waals surface area contributed by atoms with Crippen molar-refractivity contribution < 1.29 is 8.81 Å². The van der Waals surface area contributed by atoms with Crippen molar-refractivity contribution in [1.29, 1.82) is 0 Å². The van der Waals surface area contributed by atoms with Gasteiger partial charge < -0.3 is 15.1 Å². The second-order valence-electron chi connectivity index (χ2n) is 6.36. The summed E-state index contributed by atoms with van der Waals surface area (Å²) in [6, 6.07) is 8.97. The van der Waals surface area contributed by atoms with Crippen LogP contribution in [0.4, 0.5) is 4.39 Å². The lowest BCUT2D eigenvalue weighted by atomic mass is 10.2. The molecule has 1 aliphatic heterocycles. The van der Waals surface area contributed by atoms with Crippen LogP contribution in [0.25, 0.3) is 0 Å². The van der Waals surface area contributed by atoms with Crippen LogP contribution in [-0.4, -0.2) is 37.5 Å². The summed E-state index contributed by atoms with van der Waals surface area (Å²) in [5, 5.41) is 6.60. The van der Waals surface area contributed by atoms with Gasteiger partial charge in [0.05, 0.1) is 12.3 Å². The molecule has 148 valence electrons. The molecule has 2 aromatic rings. The van der Waals surface area contributed by atoms with Crippen LogP contribution < -0.4 is 10.6 Å². The zero-order valence-electron chi connectivity index (χ0n) is 15.3. The maximum Gasteiger partial charge on any atom is 0.191 e. The van der Waals surface area contributed by atoms with Gasteiger partial charge in [0.25, 0.3) is 0 Å². The largest absolute Gasteiger partial charge is 0.468 e. The van der Waals surface area contributed by atoms with E-state index in [4.69, 9.17) is 4.42 Å². The molecule has 2 N–H and O–H groups in total. The number of nitrogens with one attached hydrogen (secondary N) is 2. The van der Waals surface area contributed by atoms with Crippen molar-refractivity contribution in [2.24, 2.45) is 4.99 Å². The van der Waals surface area contributed by atoms with Crippen molar-refractivity contribution >= 4 is 45.9 Å². The van der Waals surface area contributed by atoms with Crippen molar-refractivity contribution in [2.45, 2.75) is 25.4 Å². The molecule has 1 aromatic carbocycles. The summed E-state index contributed by atoms with van der Waals surface area (Å²) in [5.74, 6) is 1.39. The molecule has 0 radical (unpaired) electrons. The first kappa shape index (κ1) is 22.2. The molecule has 1 saturated heterocycles. The first-order valence-corrected chi connectivity index (χ1v) is 9.62. The number of nitrogens with zero attached hydrogens (tertiary/aromatic N) is 2. The van der Waals surface area contributed by atoms with Crippen LogP contribution in [0.3, 0.4) is 0 Å². The third-order valence-electron chi connectivity index (χ3n) is 4.52. The Morgan fingerprint density at radius 3 is 2.70 bits per heavy atom. The van der Waals surface area contributed by atoms with Gasteiger partial charge in [0, 0.05) is 24.6 Å². The van der Waals surface area contributed by atoms with E-state index in [0.29, 0.717) is 19.0 Å². The molecule has 5 nitrogen and oxygen atoms in total. The van der Waals surface area contributed by atoms with E-state index in [2.05, 4.69) is 36.5 Å². The highest BCUT2D eigenvalue weighted by Gasteiger charge is 2.25. The Bertz CT molecular complexity index is 715. The van der Waals surface area contributed by atoms with Gasteiger partial charge in [0.15, 0.2) is 5.96 Å². The van der Waals surface area contributed by atoms with E-state index >= 15 is 0 Å². The molecule has 2 heterocycles. The van der Waals surface area contributed by atoms with Gasteiger partial charge in [-0.2, -0.15) is 0 Å². The minimum Gasteiger partial charge on any atom is -0.468 e. The zero-order valence-corrected chi connectivity index (χ0v) is 19.2. The molecule has 27 heavy (non-hydrogen) atoms. The fourth-order valence-electron chi connectivity index (χ4n) is 3.26. The highest BCUT2D eigenvalue weighted by Crippen LogP contribution is 2.24. The van der Waals surface area contributed by atoms with Crippen molar-refractivity contribution in [3.8, 4) is 0 Å². The minimum absolute atomic E-state index is 0. The molecule has 8 heteroatoms. The maximum atomic E-state index is 13.5. The molecule has 0 spiro atoms. The topological polar surface area (TPSA) is 52.8 Å². The number of likely N-dealkylation sites (tertiary alicyclic amines) is 1. The molecular formula is C19H25BrFIN4O. The number of hydrogen-bond acceptors (Lipinski definition) is 3. The molecule has 1 atom stereocenters. The fraction of sp³-hybridized carbons (Fsp3) is 0.421. The van der Waals surface area contributed by atoms with E-state index in [9.17, 15) is 4.39 Å². The molecule has 0 saturated carbocycles. The summed E-state index contributed by atoms with van der Waals surface area (Å²) >= 11 is 3.32. The van der Waals surface area contributed by atoms with E-state index in [-0.39, 0.29) is 35.8 Å². The highest BCUT2D eigenvalue weighted by atomic mass is 127. The van der Waals surface area contributed by atoms with Crippen LogP contribution in [-0.2, 0) is 6.54 Å². The summed E-state index contributed by atoms with van der Waals surface area (Å²) in [5.41, 5.74) is 0.849. The second kappa shape index (κ2) is 11.0. The van der Waals surface area contributed by atoms with Gasteiger partial charge in [-0.1, -0.05) is 15.9 Å². The number of benzene rings is 1. The van der Waals surface area contributed by atoms with Crippen LogP contribution in [0.2, 0.25) is 0 Å². The smallest absolute Gasteiger partial charge is 0.191 e. The first-order valence-electron chi connectivity index (χ1n) is 8.82. The molecule has 3 rings (SSSR count). The van der Waals surface area contributed by atoms with E-state index in [0.717, 1.165) is 28.9 Å². The highest BCUT2D eigenvalue weighted by molar-refractivity contribution is 14.0. The SMILES string of the molecule is CN=C(NCc1cc(F)cc(Br)c1)NCC(c1ccco1)N1CCCC1.I. The Hall–Kier alpha value is -1.13. The molecule has 1 unspecified atom stereocenters. The van der Waals surface area contributed by atoms with Crippen molar-refractivity contribution in [2.75, 3.05) is 26.7 Å². The third kappa shape index (κ3) is 6.46. The summed E-state index contributed by atoms with van der Waals surface area (Å²) in [6.07, 6.45) is 4.16. The second-order valence-corrected chi connectivity index (χ2v) is 7.27. The van der Waals surface area contributed by atoms with E-state index in [1.807, 2.05) is 18.2 Å². The lowest BCUT2D eigenvalue weighted by Gasteiger charge is -2.26. The van der Waals surface area contributed by atoms with Crippen LogP contribution >= 0.6 is 39.9 Å². The Labute approximate surface area is 184 Å². The van der Waals surface area contributed by atoms with Crippen LogP contribution in [0.15, 0.2) is 50.5 Å². The molecule has 0 bridgehead atoms. The summed E-state index contributed by atoms with van der Waals surface area (Å²) < 4.78 is 19.9. The number of rotatable bonds is 6. The predicted molar refractivity (Wildman–Crippen MR) is 120 cm³/mol. The molecular weight excluding hydrogens is 526 g/mol. The molecule has 1 fully saturated rings. The minimum atomic E-state index is -0.258. The van der Waals surface area contributed by atoms with Gasteiger partial charge in [0.1, 0.15) is 11.6 Å². The zero-order chi connectivity index (χ0) is 18.4. The fourth-order valence-corrected chi connectivity index (χ4v) is 3.77. The van der Waals surface area contributed by atoms with E-state index in [1.54, 1.807) is 13.3 Å². The van der Waals surface area contributed by atoms with Crippen LogP contribution in [0.1, 0.15) is 30.2 Å². The first-order chi connectivity index (χ1) is 12.7. The van der Waals surface area contributed by atoms with Gasteiger partial charge in [-0.15, -0.1) is 24.0 Å². The monoisotopic (exact) mass is 550 g/mol. The average Bonchev–Trinajstić information content (AvgIpc) is 3.31. The van der Waals surface area contributed by atoms with Crippen molar-refractivity contribution in [3.05, 3.63) is 58.2 Å². The van der Waals surface area contributed by atoms with Crippen LogP contribution in [0.5, 0.6) is 0 Å². The maximum absolute atomic E-state index is 13.5. The standard InChI is InChI=1S/C19H24BrFN4O.HI/c1-22-19(23-12-14-9-15(20)11-16(21)10-14)24-13-17(18-5-4-8-26-18)25-6-2-3-7-25;/h4-5,8-11,17H,2-3,6-7,12-13H2,1H3,(H2,22,23,24);1H. The predicted octanol–water partition coefficient (Wildman–Crippen LogP) is 4.30. The Kier molecular flexibility index (Phi) is 9.04. The molecule has 0 amide bonds. The van der Waals surface area contributed by atoms with Crippen molar-refractivity contribution in [3.63, 3.8) is 0 Å². The lowest BCUT2D eigenvalue weighted by molar-refractivity contribution is 0.215. The number of guanidine groups is 1.